The van der Waals surface area contributed by atoms with Gasteiger partial charge in [-0.25, -0.2) is 18.4 Å². The zero-order valence-electron chi connectivity index (χ0n) is 9.67. The molecule has 0 bridgehead atoms. The van der Waals surface area contributed by atoms with Crippen LogP contribution in [0.5, 0.6) is 0 Å². The van der Waals surface area contributed by atoms with Gasteiger partial charge in [0.2, 0.25) is 10.0 Å². The molecular weight excluding hydrogens is 262 g/mol. The van der Waals surface area contributed by atoms with E-state index >= 15 is 0 Å². The van der Waals surface area contributed by atoms with Crippen molar-refractivity contribution >= 4 is 27.3 Å². The topological polar surface area (TPSA) is 86.5 Å². The number of carbonyl (C=O) groups excluding carboxylic acids is 1. The fourth-order valence-corrected chi connectivity index (χ4v) is 2.62. The molecule has 0 unspecified atom stereocenters. The highest BCUT2D eigenvalue weighted by atomic mass is 32.2. The summed E-state index contributed by atoms with van der Waals surface area (Å²) >= 11 is 0.911. The van der Waals surface area contributed by atoms with Gasteiger partial charge in [-0.05, 0) is 18.4 Å². The zero-order chi connectivity index (χ0) is 13.1. The van der Waals surface area contributed by atoms with Crippen LogP contribution in [0.3, 0.4) is 0 Å². The lowest BCUT2D eigenvalue weighted by molar-refractivity contribution is 0.0488. The van der Waals surface area contributed by atoms with Crippen LogP contribution in [0.15, 0.2) is 15.7 Å². The van der Waals surface area contributed by atoms with E-state index in [2.05, 4.69) is 0 Å². The maximum absolute atomic E-state index is 11.5. The van der Waals surface area contributed by atoms with Gasteiger partial charge in [-0.3, -0.25) is 0 Å². The lowest BCUT2D eigenvalue weighted by Crippen LogP contribution is -2.11. The van der Waals surface area contributed by atoms with Gasteiger partial charge in [0.15, 0.2) is 0 Å². The Balaban J connectivity index is 2.62. The summed E-state index contributed by atoms with van der Waals surface area (Å²) in [4.78, 5) is 11.5. The molecule has 1 heterocycles. The number of nitrogens with two attached hydrogens (primary N) is 1. The van der Waals surface area contributed by atoms with E-state index in [0.29, 0.717) is 12.5 Å². The number of hydrogen-bond acceptors (Lipinski definition) is 5. The minimum absolute atomic E-state index is 0.0340. The highest BCUT2D eigenvalue weighted by Gasteiger charge is 2.16. The third kappa shape index (κ3) is 4.45. The molecule has 0 saturated heterocycles. The van der Waals surface area contributed by atoms with Crippen molar-refractivity contribution in [1.29, 1.82) is 0 Å². The maximum atomic E-state index is 11.5. The van der Waals surface area contributed by atoms with E-state index in [9.17, 15) is 13.2 Å². The van der Waals surface area contributed by atoms with Crippen molar-refractivity contribution in [2.24, 2.45) is 11.1 Å². The molecule has 1 rings (SSSR count). The van der Waals surface area contributed by atoms with Gasteiger partial charge >= 0.3 is 5.97 Å². The minimum Gasteiger partial charge on any atom is -0.462 e. The average Bonchev–Trinajstić information content (AvgIpc) is 2.64. The van der Waals surface area contributed by atoms with E-state index in [1.54, 1.807) is 0 Å². The SMILES string of the molecule is CC(C)CCOC(=O)c1csc(S(N)(=O)=O)c1. The number of hydrogen-bond donors (Lipinski definition) is 1. The predicted molar refractivity (Wildman–Crippen MR) is 65.4 cm³/mol. The second-order valence-electron chi connectivity index (χ2n) is 4.02. The third-order valence-electron chi connectivity index (χ3n) is 2.02. The quantitative estimate of drug-likeness (QED) is 0.828. The van der Waals surface area contributed by atoms with E-state index in [1.807, 2.05) is 13.8 Å². The lowest BCUT2D eigenvalue weighted by Gasteiger charge is -2.05. The van der Waals surface area contributed by atoms with Crippen LogP contribution >= 0.6 is 11.3 Å². The molecule has 0 aliphatic heterocycles. The van der Waals surface area contributed by atoms with Crippen molar-refractivity contribution in [3.8, 4) is 0 Å². The monoisotopic (exact) mass is 277 g/mol. The lowest BCUT2D eigenvalue weighted by atomic mass is 10.1. The number of rotatable bonds is 5. The predicted octanol–water partition coefficient (Wildman–Crippen LogP) is 1.60. The summed E-state index contributed by atoms with van der Waals surface area (Å²) in [7, 11) is -3.74. The molecule has 0 aliphatic carbocycles. The van der Waals surface area contributed by atoms with E-state index in [4.69, 9.17) is 9.88 Å². The summed E-state index contributed by atoms with van der Waals surface area (Å²) in [6, 6.07) is 1.23. The summed E-state index contributed by atoms with van der Waals surface area (Å²) in [6.07, 6.45) is 0.776. The molecule has 0 amide bonds. The van der Waals surface area contributed by atoms with Gasteiger partial charge in [-0.15, -0.1) is 11.3 Å². The second kappa shape index (κ2) is 5.61. The van der Waals surface area contributed by atoms with E-state index in [1.165, 1.54) is 11.4 Å². The van der Waals surface area contributed by atoms with Crippen LogP contribution in [0.1, 0.15) is 30.6 Å². The molecule has 1 aromatic rings. The van der Waals surface area contributed by atoms with Crippen LogP contribution in [0.4, 0.5) is 0 Å². The Morgan fingerprint density at radius 3 is 2.65 bits per heavy atom. The van der Waals surface area contributed by atoms with Crippen molar-refractivity contribution in [3.63, 3.8) is 0 Å². The Bertz CT molecular complexity index is 490. The largest absolute Gasteiger partial charge is 0.462 e. The van der Waals surface area contributed by atoms with E-state index in [0.717, 1.165) is 17.8 Å². The van der Waals surface area contributed by atoms with E-state index < -0.39 is 16.0 Å². The van der Waals surface area contributed by atoms with Gasteiger partial charge in [0, 0.05) is 5.38 Å². The molecule has 0 spiro atoms. The molecule has 0 aromatic carbocycles. The Kier molecular flexibility index (Phi) is 4.67. The highest BCUT2D eigenvalue weighted by molar-refractivity contribution is 7.91. The molecular formula is C10H15NO4S2. The smallest absolute Gasteiger partial charge is 0.339 e. The molecule has 0 atom stereocenters. The second-order valence-corrected chi connectivity index (χ2v) is 6.72. The van der Waals surface area contributed by atoms with Crippen LogP contribution < -0.4 is 5.14 Å². The molecule has 7 heteroatoms. The van der Waals surface area contributed by atoms with Crippen molar-refractivity contribution in [2.75, 3.05) is 6.61 Å². The summed E-state index contributed by atoms with van der Waals surface area (Å²) in [5, 5.41) is 6.37. The molecule has 1 aromatic heterocycles. The van der Waals surface area contributed by atoms with Crippen molar-refractivity contribution < 1.29 is 17.9 Å². The average molecular weight is 277 g/mol. The Morgan fingerprint density at radius 2 is 2.18 bits per heavy atom. The van der Waals surface area contributed by atoms with Crippen LogP contribution in [-0.4, -0.2) is 21.0 Å². The molecule has 0 saturated carbocycles. The number of esters is 1. The van der Waals surface area contributed by atoms with Gasteiger partial charge in [0.1, 0.15) is 4.21 Å². The van der Waals surface area contributed by atoms with Gasteiger partial charge in [-0.1, -0.05) is 13.8 Å². The number of carbonyl (C=O) groups is 1. The Hall–Kier alpha value is -0.920. The summed E-state index contributed by atoms with van der Waals surface area (Å²) < 4.78 is 27.0. The maximum Gasteiger partial charge on any atom is 0.339 e. The number of sulfonamides is 1. The fraction of sp³-hybridized carbons (Fsp3) is 0.500. The Labute approximate surface area is 105 Å². The highest BCUT2D eigenvalue weighted by Crippen LogP contribution is 2.19. The first kappa shape index (κ1) is 14.1. The standard InChI is InChI=1S/C10H15NO4S2/c1-7(2)3-4-15-10(12)8-5-9(16-6-8)17(11,13)14/h5-7H,3-4H2,1-2H3,(H2,11,13,14). The first-order valence-electron chi connectivity index (χ1n) is 5.09. The molecule has 0 radical (unpaired) electrons. The molecule has 5 nitrogen and oxygen atoms in total. The third-order valence-corrected chi connectivity index (χ3v) is 4.41. The fourth-order valence-electron chi connectivity index (χ4n) is 1.04. The molecule has 17 heavy (non-hydrogen) atoms. The molecule has 0 aliphatic rings. The summed E-state index contributed by atoms with van der Waals surface area (Å²) in [5.41, 5.74) is 0.225. The number of ether oxygens (including phenoxy) is 1. The molecule has 0 fully saturated rings. The molecule has 2 N–H and O–H groups in total. The van der Waals surface area contributed by atoms with Crippen molar-refractivity contribution in [3.05, 3.63) is 17.0 Å². The normalized spacial score (nSPS) is 11.8. The van der Waals surface area contributed by atoms with Crippen LogP contribution in [0, 0.1) is 5.92 Å². The van der Waals surface area contributed by atoms with Crippen LogP contribution in [0.25, 0.3) is 0 Å². The number of thiophene rings is 1. The van der Waals surface area contributed by atoms with Gasteiger partial charge in [0.05, 0.1) is 12.2 Å². The first-order chi connectivity index (χ1) is 7.80. The first-order valence-corrected chi connectivity index (χ1v) is 7.51. The van der Waals surface area contributed by atoms with E-state index in [-0.39, 0.29) is 9.77 Å². The zero-order valence-corrected chi connectivity index (χ0v) is 11.3. The number of primary sulfonamides is 1. The van der Waals surface area contributed by atoms with Crippen molar-refractivity contribution in [2.45, 2.75) is 24.5 Å². The Morgan fingerprint density at radius 1 is 1.53 bits per heavy atom. The summed E-state index contributed by atoms with van der Waals surface area (Å²) in [5.74, 6) is -0.0675. The molecule has 96 valence electrons. The van der Waals surface area contributed by atoms with Crippen molar-refractivity contribution in [1.82, 2.24) is 0 Å². The minimum atomic E-state index is -3.74. The van der Waals surface area contributed by atoms with Gasteiger partial charge in [-0.2, -0.15) is 0 Å². The van der Waals surface area contributed by atoms with Gasteiger partial charge < -0.3 is 4.74 Å². The summed E-state index contributed by atoms with van der Waals surface area (Å²) in [6.45, 7) is 4.38. The van der Waals surface area contributed by atoms with Crippen LogP contribution in [-0.2, 0) is 14.8 Å². The van der Waals surface area contributed by atoms with Gasteiger partial charge in [0.25, 0.3) is 0 Å². The van der Waals surface area contributed by atoms with Crippen LogP contribution in [0.2, 0.25) is 0 Å².